The van der Waals surface area contributed by atoms with Gasteiger partial charge in [-0.25, -0.2) is 9.48 Å². The van der Waals surface area contributed by atoms with E-state index in [2.05, 4.69) is 15.5 Å². The lowest BCUT2D eigenvalue weighted by atomic mass is 9.76. The third-order valence-electron chi connectivity index (χ3n) is 3.63. The Kier molecular flexibility index (Phi) is 3.14. The van der Waals surface area contributed by atoms with E-state index in [-0.39, 0.29) is 0 Å². The minimum atomic E-state index is -1.05. The molecule has 1 fully saturated rings. The van der Waals surface area contributed by atoms with Gasteiger partial charge in [0.1, 0.15) is 0 Å². The molecule has 0 unspecified atom stereocenters. The molecule has 0 bridgehead atoms. The maximum atomic E-state index is 11.5. The molecule has 3 rings (SSSR count). The molecule has 0 spiro atoms. The summed E-state index contributed by atoms with van der Waals surface area (Å²) in [7, 11) is 0. The maximum Gasteiger partial charge on any atom is 0.331 e. The van der Waals surface area contributed by atoms with Gasteiger partial charge in [0.25, 0.3) is 0 Å². The van der Waals surface area contributed by atoms with E-state index >= 15 is 0 Å². The summed E-state index contributed by atoms with van der Waals surface area (Å²) >= 11 is 11.9. The highest BCUT2D eigenvalue weighted by molar-refractivity contribution is 6.42. The van der Waals surface area contributed by atoms with Crippen LogP contribution in [0.1, 0.15) is 19.3 Å². The normalized spacial score (nSPS) is 16.7. The number of rotatable bonds is 3. The van der Waals surface area contributed by atoms with Gasteiger partial charge in [-0.05, 0) is 47.9 Å². The van der Waals surface area contributed by atoms with Crippen LogP contribution >= 0.6 is 23.2 Å². The smallest absolute Gasteiger partial charge is 0.331 e. The number of nitrogens with zero attached hydrogens (tertiary/aromatic N) is 4. The van der Waals surface area contributed by atoms with Crippen LogP contribution in [0.15, 0.2) is 18.2 Å². The third-order valence-corrected chi connectivity index (χ3v) is 4.37. The second kappa shape index (κ2) is 4.71. The Morgan fingerprint density at radius 1 is 1.30 bits per heavy atom. The summed E-state index contributed by atoms with van der Waals surface area (Å²) in [6.45, 7) is 0. The number of hydrogen-bond donors (Lipinski definition) is 1. The van der Waals surface area contributed by atoms with Crippen LogP contribution in [0, 0.1) is 0 Å². The molecule has 1 aromatic heterocycles. The van der Waals surface area contributed by atoms with E-state index in [1.54, 1.807) is 18.2 Å². The van der Waals surface area contributed by atoms with Gasteiger partial charge in [-0.3, -0.25) is 0 Å². The molecule has 1 N–H and O–H groups in total. The molecule has 2 aromatic rings. The number of carbonyl (C=O) groups is 1. The number of aliphatic carboxylic acids is 1. The number of aromatic nitrogens is 4. The molecule has 1 aliphatic rings. The molecule has 20 heavy (non-hydrogen) atoms. The minimum absolute atomic E-state index is 0.372. The van der Waals surface area contributed by atoms with Crippen LogP contribution in [0.2, 0.25) is 10.0 Å². The van der Waals surface area contributed by atoms with E-state index in [1.807, 2.05) is 0 Å². The first kappa shape index (κ1) is 13.3. The molecule has 1 aromatic carbocycles. The largest absolute Gasteiger partial charge is 0.479 e. The number of carboxylic acids is 1. The van der Waals surface area contributed by atoms with Gasteiger partial charge in [-0.2, -0.15) is 0 Å². The van der Waals surface area contributed by atoms with Crippen molar-refractivity contribution in [2.45, 2.75) is 24.8 Å². The quantitative estimate of drug-likeness (QED) is 0.942. The van der Waals surface area contributed by atoms with Crippen molar-refractivity contribution in [2.75, 3.05) is 0 Å². The second-order valence-electron chi connectivity index (χ2n) is 4.73. The first-order chi connectivity index (χ1) is 9.54. The Balaban J connectivity index is 2.10. The number of hydrogen-bond acceptors (Lipinski definition) is 4. The summed E-state index contributed by atoms with van der Waals surface area (Å²) < 4.78 is 1.37. The Bertz CT molecular complexity index is 682. The van der Waals surface area contributed by atoms with Crippen molar-refractivity contribution in [3.05, 3.63) is 28.2 Å². The lowest BCUT2D eigenvalue weighted by Gasteiger charge is -2.37. The van der Waals surface area contributed by atoms with Crippen LogP contribution in [0.5, 0.6) is 0 Å². The lowest BCUT2D eigenvalue weighted by Crippen LogP contribution is -2.48. The van der Waals surface area contributed by atoms with Gasteiger partial charge in [-0.1, -0.05) is 23.2 Å². The zero-order chi connectivity index (χ0) is 14.3. The first-order valence-electron chi connectivity index (χ1n) is 6.02. The summed E-state index contributed by atoms with van der Waals surface area (Å²) in [6, 6.07) is 4.97. The van der Waals surface area contributed by atoms with Gasteiger partial charge in [0.05, 0.1) is 10.0 Å². The van der Waals surface area contributed by atoms with Crippen LogP contribution in [0.25, 0.3) is 11.4 Å². The fraction of sp³-hybridized carbons (Fsp3) is 0.333. The predicted molar refractivity (Wildman–Crippen MR) is 72.7 cm³/mol. The molecule has 6 nitrogen and oxygen atoms in total. The highest BCUT2D eigenvalue weighted by Crippen LogP contribution is 2.41. The van der Waals surface area contributed by atoms with E-state index in [0.29, 0.717) is 34.3 Å². The molecule has 8 heteroatoms. The molecule has 1 aliphatic carbocycles. The fourth-order valence-electron chi connectivity index (χ4n) is 2.32. The van der Waals surface area contributed by atoms with Crippen molar-refractivity contribution < 1.29 is 9.90 Å². The van der Waals surface area contributed by atoms with Crippen molar-refractivity contribution in [1.29, 1.82) is 0 Å². The van der Waals surface area contributed by atoms with E-state index in [1.165, 1.54) is 4.68 Å². The highest BCUT2D eigenvalue weighted by Gasteiger charge is 2.49. The van der Waals surface area contributed by atoms with Crippen molar-refractivity contribution in [2.24, 2.45) is 0 Å². The maximum absolute atomic E-state index is 11.5. The molecule has 0 radical (unpaired) electrons. The van der Waals surface area contributed by atoms with Crippen LogP contribution in [0.3, 0.4) is 0 Å². The lowest BCUT2D eigenvalue weighted by molar-refractivity contribution is -0.153. The van der Waals surface area contributed by atoms with Crippen LogP contribution in [0.4, 0.5) is 0 Å². The van der Waals surface area contributed by atoms with Gasteiger partial charge in [0, 0.05) is 5.56 Å². The van der Waals surface area contributed by atoms with E-state index in [9.17, 15) is 9.90 Å². The van der Waals surface area contributed by atoms with Gasteiger partial charge in [0.2, 0.25) is 0 Å². The van der Waals surface area contributed by atoms with Gasteiger partial charge in [-0.15, -0.1) is 5.10 Å². The average molecular weight is 313 g/mol. The Labute approximate surface area is 124 Å². The molecule has 0 aliphatic heterocycles. The van der Waals surface area contributed by atoms with Crippen molar-refractivity contribution in [3.8, 4) is 11.4 Å². The van der Waals surface area contributed by atoms with Crippen molar-refractivity contribution >= 4 is 29.2 Å². The number of benzene rings is 1. The summed E-state index contributed by atoms with van der Waals surface area (Å²) in [5.41, 5.74) is -0.415. The molecule has 104 valence electrons. The van der Waals surface area contributed by atoms with Crippen LogP contribution in [-0.2, 0) is 10.3 Å². The molecular formula is C12H10Cl2N4O2. The zero-order valence-electron chi connectivity index (χ0n) is 10.3. The van der Waals surface area contributed by atoms with Crippen LogP contribution < -0.4 is 0 Å². The predicted octanol–water partition coefficient (Wildman–Crippen LogP) is 2.61. The monoisotopic (exact) mass is 312 g/mol. The Hall–Kier alpha value is -1.66. The standard InChI is InChI=1S/C12H10Cl2N4O2/c13-8-3-2-7(6-9(8)14)10-15-16-17-18(10)12(11(19)20)4-1-5-12/h2-3,6H,1,4-5H2,(H,19,20). The Morgan fingerprint density at radius 3 is 2.60 bits per heavy atom. The number of tetrazole rings is 1. The molecule has 0 saturated heterocycles. The molecule has 0 atom stereocenters. The molecule has 1 saturated carbocycles. The summed E-state index contributed by atoms with van der Waals surface area (Å²) in [6.07, 6.45) is 1.87. The average Bonchev–Trinajstić information content (AvgIpc) is 2.80. The second-order valence-corrected chi connectivity index (χ2v) is 5.55. The molecular weight excluding hydrogens is 303 g/mol. The number of carboxylic acid groups (broad SMARTS) is 1. The van der Waals surface area contributed by atoms with E-state index in [0.717, 1.165) is 6.42 Å². The summed E-state index contributed by atoms with van der Waals surface area (Å²) in [4.78, 5) is 11.5. The molecule has 1 heterocycles. The first-order valence-corrected chi connectivity index (χ1v) is 6.78. The summed E-state index contributed by atoms with van der Waals surface area (Å²) in [5, 5.41) is 21.6. The van der Waals surface area contributed by atoms with Crippen molar-refractivity contribution in [3.63, 3.8) is 0 Å². The van der Waals surface area contributed by atoms with Gasteiger partial charge >= 0.3 is 5.97 Å². The van der Waals surface area contributed by atoms with Crippen LogP contribution in [-0.4, -0.2) is 31.3 Å². The molecule has 0 amide bonds. The number of halogens is 2. The van der Waals surface area contributed by atoms with E-state index in [4.69, 9.17) is 23.2 Å². The zero-order valence-corrected chi connectivity index (χ0v) is 11.8. The highest BCUT2D eigenvalue weighted by atomic mass is 35.5. The van der Waals surface area contributed by atoms with Gasteiger partial charge < -0.3 is 5.11 Å². The fourth-order valence-corrected chi connectivity index (χ4v) is 2.62. The summed E-state index contributed by atoms with van der Waals surface area (Å²) in [5.74, 6) is -0.539. The Morgan fingerprint density at radius 2 is 2.05 bits per heavy atom. The van der Waals surface area contributed by atoms with E-state index < -0.39 is 11.5 Å². The third kappa shape index (κ3) is 1.87. The topological polar surface area (TPSA) is 80.9 Å². The SMILES string of the molecule is O=C(O)C1(n2nnnc2-c2ccc(Cl)c(Cl)c2)CCC1. The minimum Gasteiger partial charge on any atom is -0.479 e. The van der Waals surface area contributed by atoms with Gasteiger partial charge in [0.15, 0.2) is 11.4 Å². The van der Waals surface area contributed by atoms with Crippen molar-refractivity contribution in [1.82, 2.24) is 20.2 Å².